The van der Waals surface area contributed by atoms with E-state index in [1.807, 2.05) is 98.2 Å². The molecule has 6 heteroatoms. The van der Waals surface area contributed by atoms with Gasteiger partial charge in [-0.3, -0.25) is 9.59 Å². The summed E-state index contributed by atoms with van der Waals surface area (Å²) in [5.41, 5.74) is 3.47. The van der Waals surface area contributed by atoms with Gasteiger partial charge in [-0.15, -0.1) is 0 Å². The van der Waals surface area contributed by atoms with Crippen LogP contribution in [0.25, 0.3) is 0 Å². The zero-order valence-corrected chi connectivity index (χ0v) is 22.3. The third-order valence-electron chi connectivity index (χ3n) is 7.35. The number of amides is 1. The Bertz CT molecular complexity index is 1330. The van der Waals surface area contributed by atoms with Crippen molar-refractivity contribution in [2.24, 2.45) is 0 Å². The number of aromatic nitrogens is 2. The second-order valence-corrected chi connectivity index (χ2v) is 10.5. The molecule has 3 atom stereocenters. The van der Waals surface area contributed by atoms with Gasteiger partial charge >= 0.3 is 0 Å². The zero-order valence-electron chi connectivity index (χ0n) is 20.8. The summed E-state index contributed by atoms with van der Waals surface area (Å²) in [5.74, 6) is 0.431. The molecule has 5 nitrogen and oxygen atoms in total. The number of carbonyl (C=O) groups is 2. The minimum absolute atomic E-state index is 0.133. The number of carbonyl (C=O) groups excluding carboxylic acids is 2. The number of imidazole rings is 1. The molecular weight excluding hydrogens is 526 g/mol. The molecular formula is C31H30BrN3O2. The van der Waals surface area contributed by atoms with Crippen LogP contribution in [0.5, 0.6) is 0 Å². The van der Waals surface area contributed by atoms with Crippen LogP contribution < -0.4 is 5.32 Å². The molecule has 188 valence electrons. The van der Waals surface area contributed by atoms with Crippen molar-refractivity contribution < 1.29 is 9.59 Å². The summed E-state index contributed by atoms with van der Waals surface area (Å²) in [5, 5.41) is 2.95. The van der Waals surface area contributed by atoms with Crippen LogP contribution >= 0.6 is 15.9 Å². The first-order valence-electron chi connectivity index (χ1n) is 12.7. The lowest BCUT2D eigenvalue weighted by Crippen LogP contribution is -2.40. The lowest BCUT2D eigenvalue weighted by molar-refractivity contribution is -0.121. The van der Waals surface area contributed by atoms with Crippen LogP contribution in [-0.2, 0) is 4.79 Å². The van der Waals surface area contributed by atoms with Crippen LogP contribution in [0, 0.1) is 6.92 Å². The van der Waals surface area contributed by atoms with E-state index < -0.39 is 10.9 Å². The van der Waals surface area contributed by atoms with E-state index >= 15 is 0 Å². The Morgan fingerprint density at radius 1 is 0.919 bits per heavy atom. The normalized spacial score (nSPS) is 18.0. The number of Topliss-reactive ketones (excluding diaryl/α,β-unsaturated/α-hetero) is 1. The monoisotopic (exact) mass is 555 g/mol. The van der Waals surface area contributed by atoms with Crippen molar-refractivity contribution >= 4 is 27.6 Å². The average molecular weight is 557 g/mol. The smallest absolute Gasteiger partial charge is 0.233 e. The molecule has 1 aromatic heterocycles. The standard InChI is InChI=1S/C31H30BrN3O2/c1-21-33-18-19-35(21)25-17-16-24(20-25)26-14-8-9-15-27(26)29(36)30(32)34-31(37)28(22-10-4-2-5-11-22)23-12-6-3-7-13-23/h2-15,18-19,24-25,28,30H,16-17,20H2,1H3,(H,34,37)/t24-,25-,30?/m0/s1. The van der Waals surface area contributed by atoms with Crippen molar-refractivity contribution in [3.63, 3.8) is 0 Å². The van der Waals surface area contributed by atoms with Gasteiger partial charge in [0, 0.05) is 24.0 Å². The molecule has 1 heterocycles. The fraction of sp³-hybridized carbons (Fsp3) is 0.258. The first-order chi connectivity index (χ1) is 18.0. The molecule has 0 spiro atoms. The van der Waals surface area contributed by atoms with Gasteiger partial charge in [0.15, 0.2) is 5.78 Å². The topological polar surface area (TPSA) is 64.0 Å². The molecule has 1 aliphatic carbocycles. The summed E-state index contributed by atoms with van der Waals surface area (Å²) in [6.45, 7) is 2.03. The molecule has 0 radical (unpaired) electrons. The first kappa shape index (κ1) is 25.2. The molecule has 37 heavy (non-hydrogen) atoms. The quantitative estimate of drug-likeness (QED) is 0.152. The number of benzene rings is 3. The van der Waals surface area contributed by atoms with Gasteiger partial charge in [0.25, 0.3) is 0 Å². The van der Waals surface area contributed by atoms with E-state index in [1.54, 1.807) is 0 Å². The van der Waals surface area contributed by atoms with Crippen molar-refractivity contribution in [3.8, 4) is 0 Å². The minimum atomic E-state index is -0.829. The Kier molecular flexibility index (Phi) is 7.65. The van der Waals surface area contributed by atoms with Gasteiger partial charge in [-0.05, 0) is 48.8 Å². The van der Waals surface area contributed by atoms with Crippen molar-refractivity contribution in [2.45, 2.75) is 49.0 Å². The molecule has 0 bridgehead atoms. The molecule has 4 aromatic rings. The third kappa shape index (κ3) is 5.44. The lowest BCUT2D eigenvalue weighted by Gasteiger charge is -2.21. The molecule has 0 aliphatic heterocycles. The maximum Gasteiger partial charge on any atom is 0.233 e. The van der Waals surface area contributed by atoms with Gasteiger partial charge in [-0.2, -0.15) is 0 Å². The Labute approximate surface area is 226 Å². The Morgan fingerprint density at radius 3 is 2.16 bits per heavy atom. The fourth-order valence-electron chi connectivity index (χ4n) is 5.54. The summed E-state index contributed by atoms with van der Waals surface area (Å²) in [7, 11) is 0. The molecule has 1 fully saturated rings. The van der Waals surface area contributed by atoms with Crippen molar-refractivity contribution in [1.82, 2.24) is 14.9 Å². The molecule has 3 aromatic carbocycles. The van der Waals surface area contributed by atoms with Gasteiger partial charge in [0.05, 0.1) is 5.92 Å². The predicted molar refractivity (Wildman–Crippen MR) is 149 cm³/mol. The molecule has 1 N–H and O–H groups in total. The highest BCUT2D eigenvalue weighted by molar-refractivity contribution is 9.10. The van der Waals surface area contributed by atoms with E-state index in [9.17, 15) is 9.59 Å². The van der Waals surface area contributed by atoms with Crippen molar-refractivity contribution in [1.29, 1.82) is 0 Å². The fourth-order valence-corrected chi connectivity index (χ4v) is 6.01. The molecule has 0 saturated heterocycles. The van der Waals surface area contributed by atoms with Crippen LogP contribution in [0.4, 0.5) is 0 Å². The third-order valence-corrected chi connectivity index (χ3v) is 8.00. The molecule has 1 aliphatic rings. The van der Waals surface area contributed by atoms with Crippen LogP contribution in [0.1, 0.15) is 70.0 Å². The highest BCUT2D eigenvalue weighted by atomic mass is 79.9. The van der Waals surface area contributed by atoms with E-state index in [2.05, 4.69) is 36.9 Å². The summed E-state index contributed by atoms with van der Waals surface area (Å²) in [6, 6.07) is 27.5. The molecule has 1 amide bonds. The molecule has 1 unspecified atom stereocenters. The number of nitrogens with one attached hydrogen (secondary N) is 1. The van der Waals surface area contributed by atoms with Crippen LogP contribution in [0.2, 0.25) is 0 Å². The average Bonchev–Trinajstić information content (AvgIpc) is 3.58. The first-order valence-corrected chi connectivity index (χ1v) is 13.6. The van der Waals surface area contributed by atoms with Crippen LogP contribution in [-0.4, -0.2) is 26.2 Å². The zero-order chi connectivity index (χ0) is 25.8. The van der Waals surface area contributed by atoms with Crippen molar-refractivity contribution in [2.75, 3.05) is 0 Å². The number of ketones is 1. The lowest BCUT2D eigenvalue weighted by atomic mass is 9.89. The number of hydrogen-bond donors (Lipinski definition) is 1. The van der Waals surface area contributed by atoms with Crippen molar-refractivity contribution in [3.05, 3.63) is 125 Å². The van der Waals surface area contributed by atoms with E-state index in [0.29, 0.717) is 11.6 Å². The predicted octanol–water partition coefficient (Wildman–Crippen LogP) is 6.55. The minimum Gasteiger partial charge on any atom is -0.336 e. The van der Waals surface area contributed by atoms with E-state index in [0.717, 1.165) is 41.8 Å². The molecule has 1 saturated carbocycles. The van der Waals surface area contributed by atoms with Gasteiger partial charge in [-0.1, -0.05) is 101 Å². The van der Waals surface area contributed by atoms with Gasteiger partial charge < -0.3 is 9.88 Å². The van der Waals surface area contributed by atoms with E-state index in [1.165, 1.54) is 0 Å². The summed E-state index contributed by atoms with van der Waals surface area (Å²) >= 11 is 3.50. The number of hydrogen-bond acceptors (Lipinski definition) is 3. The van der Waals surface area contributed by atoms with Gasteiger partial charge in [-0.25, -0.2) is 4.98 Å². The van der Waals surface area contributed by atoms with Crippen LogP contribution in [0.15, 0.2) is 97.3 Å². The second-order valence-electron chi connectivity index (χ2n) is 9.62. The molecule has 5 rings (SSSR count). The number of halogens is 1. The SMILES string of the molecule is Cc1nccn1[C@H]1CC[C@H](c2ccccc2C(=O)C(Br)NC(=O)C(c2ccccc2)c2ccccc2)C1. The Balaban J connectivity index is 1.34. The largest absolute Gasteiger partial charge is 0.336 e. The summed E-state index contributed by atoms with van der Waals surface area (Å²) in [6.07, 6.45) is 6.91. The maximum atomic E-state index is 13.6. The second kappa shape index (κ2) is 11.3. The van der Waals surface area contributed by atoms with E-state index in [-0.39, 0.29) is 17.6 Å². The van der Waals surface area contributed by atoms with Gasteiger partial charge in [0.2, 0.25) is 5.91 Å². The number of nitrogens with zero attached hydrogens (tertiary/aromatic N) is 2. The Morgan fingerprint density at radius 2 is 1.54 bits per heavy atom. The number of aryl methyl sites for hydroxylation is 1. The van der Waals surface area contributed by atoms with Gasteiger partial charge in [0.1, 0.15) is 10.8 Å². The number of rotatable bonds is 8. The highest BCUT2D eigenvalue weighted by Gasteiger charge is 2.32. The number of alkyl halides is 1. The summed E-state index contributed by atoms with van der Waals surface area (Å²) < 4.78 is 2.24. The highest BCUT2D eigenvalue weighted by Crippen LogP contribution is 2.42. The van der Waals surface area contributed by atoms with E-state index in [4.69, 9.17) is 0 Å². The Hall–Kier alpha value is -3.51. The maximum absolute atomic E-state index is 13.6. The van der Waals surface area contributed by atoms with Crippen LogP contribution in [0.3, 0.4) is 0 Å². The summed E-state index contributed by atoms with van der Waals surface area (Å²) in [4.78, 5) is 30.7.